The number of benzene rings is 1. The maximum atomic E-state index is 12.9. The number of carbonyl (C=O) groups is 1. The van der Waals surface area contributed by atoms with Crippen LogP contribution in [0.3, 0.4) is 0 Å². The van der Waals surface area contributed by atoms with Gasteiger partial charge in [0.05, 0.1) is 29.2 Å². The first kappa shape index (κ1) is 23.5. The molecule has 34 heavy (non-hydrogen) atoms. The van der Waals surface area contributed by atoms with Crippen LogP contribution in [-0.2, 0) is 17.8 Å². The van der Waals surface area contributed by atoms with Crippen molar-refractivity contribution in [2.75, 3.05) is 45.2 Å². The zero-order chi connectivity index (χ0) is 23.1. The average molecular weight is 458 g/mol. The number of nitriles is 2. The fourth-order valence-corrected chi connectivity index (χ4v) is 5.18. The molecule has 0 N–H and O–H groups in total. The summed E-state index contributed by atoms with van der Waals surface area (Å²) < 4.78 is 2.11. The molecule has 0 atom stereocenters. The van der Waals surface area contributed by atoms with Crippen LogP contribution in [0.25, 0.3) is 16.7 Å². The van der Waals surface area contributed by atoms with Gasteiger partial charge in [0, 0.05) is 37.7 Å². The first-order valence-electron chi connectivity index (χ1n) is 11.4. The molecule has 0 radical (unpaired) electrons. The van der Waals surface area contributed by atoms with Gasteiger partial charge in [-0.05, 0) is 51.1 Å². The second-order valence-corrected chi connectivity index (χ2v) is 9.22. The molecular weight excluding hydrogens is 426 g/mol. The number of piperidine rings is 1. The predicted molar refractivity (Wildman–Crippen MR) is 132 cm³/mol. The number of anilines is 1. The number of fused-ring (bicyclic) bond motifs is 4. The average Bonchev–Trinajstić information content (AvgIpc) is 3.21. The van der Waals surface area contributed by atoms with Crippen molar-refractivity contribution in [1.29, 1.82) is 10.5 Å². The topological polar surface area (TPSA) is 91.7 Å². The van der Waals surface area contributed by atoms with Gasteiger partial charge < -0.3 is 14.7 Å². The molecular formula is C26H31N7O. The summed E-state index contributed by atoms with van der Waals surface area (Å²) in [6.07, 6.45) is 2.25. The Morgan fingerprint density at radius 1 is 1.15 bits per heavy atom. The van der Waals surface area contributed by atoms with Crippen molar-refractivity contribution in [2.45, 2.75) is 33.2 Å². The lowest BCUT2D eigenvalue weighted by Crippen LogP contribution is -2.43. The van der Waals surface area contributed by atoms with Gasteiger partial charge in [-0.2, -0.15) is 10.5 Å². The molecule has 0 aliphatic carbocycles. The van der Waals surface area contributed by atoms with Gasteiger partial charge in [-0.3, -0.25) is 9.20 Å². The zero-order valence-corrected chi connectivity index (χ0v) is 19.1. The van der Waals surface area contributed by atoms with Crippen LogP contribution >= 0.6 is 0 Å². The highest BCUT2D eigenvalue weighted by molar-refractivity contribution is 5.87. The normalized spacial score (nSPS) is 16.3. The van der Waals surface area contributed by atoms with Gasteiger partial charge in [-0.25, -0.2) is 4.98 Å². The molecule has 8 nitrogen and oxygen atoms in total. The number of para-hydroxylation sites is 2. The lowest BCUT2D eigenvalue weighted by molar-refractivity contribution is -0.132. The number of carbonyl (C=O) groups excluding carboxylic acids is 1. The van der Waals surface area contributed by atoms with Gasteiger partial charge in [0.25, 0.3) is 0 Å². The highest BCUT2D eigenvalue weighted by Crippen LogP contribution is 2.38. The van der Waals surface area contributed by atoms with Crippen LogP contribution in [0.2, 0.25) is 0 Å². The number of imidazole rings is 1. The van der Waals surface area contributed by atoms with E-state index in [4.69, 9.17) is 4.98 Å². The van der Waals surface area contributed by atoms with Crippen molar-refractivity contribution in [3.8, 4) is 12.1 Å². The van der Waals surface area contributed by atoms with E-state index in [9.17, 15) is 15.3 Å². The quantitative estimate of drug-likeness (QED) is 0.600. The minimum Gasteiger partial charge on any atom is -0.357 e. The van der Waals surface area contributed by atoms with Gasteiger partial charge >= 0.3 is 0 Å². The fraction of sp³-hybridized carbons (Fsp3) is 0.462. The molecule has 3 aromatic rings. The molecule has 176 valence electrons. The Hall–Kier alpha value is -3.62. The third-order valence-corrected chi connectivity index (χ3v) is 6.81. The zero-order valence-electron chi connectivity index (χ0n) is 19.1. The standard InChI is InChI=1S/C25H27N7O.CH4/c1-29(2)16-23(33)31-12-9-18-19(14-27)24-28-21-5-3-4-6-22(21)32(24)25(20(18)15-31)30-10-7-17(13-26)8-11-30;/h3-6,17H,7-12,15-16H2,1-2H3;1H4. The Labute approximate surface area is 200 Å². The van der Waals surface area contributed by atoms with Crippen LogP contribution in [0.15, 0.2) is 24.3 Å². The van der Waals surface area contributed by atoms with Crippen LogP contribution in [0, 0.1) is 28.6 Å². The third kappa shape index (κ3) is 3.85. The molecule has 8 heteroatoms. The molecule has 2 aromatic heterocycles. The van der Waals surface area contributed by atoms with E-state index in [-0.39, 0.29) is 19.3 Å². The van der Waals surface area contributed by atoms with Gasteiger partial charge in [-0.1, -0.05) is 19.6 Å². The number of hydrogen-bond donors (Lipinski definition) is 0. The van der Waals surface area contributed by atoms with E-state index in [0.29, 0.717) is 37.3 Å². The minimum atomic E-state index is 0. The lowest BCUT2D eigenvalue weighted by Gasteiger charge is -2.37. The van der Waals surface area contributed by atoms with Crippen LogP contribution in [0.1, 0.15) is 37.0 Å². The van der Waals surface area contributed by atoms with E-state index in [1.807, 2.05) is 48.2 Å². The fourth-order valence-electron chi connectivity index (χ4n) is 5.18. The van der Waals surface area contributed by atoms with Gasteiger partial charge in [0.1, 0.15) is 11.9 Å². The highest BCUT2D eigenvalue weighted by atomic mass is 16.2. The molecule has 2 aliphatic heterocycles. The Morgan fingerprint density at radius 3 is 2.56 bits per heavy atom. The number of nitrogens with zero attached hydrogens (tertiary/aromatic N) is 7. The molecule has 0 spiro atoms. The monoisotopic (exact) mass is 457 g/mol. The Bertz CT molecular complexity index is 1320. The van der Waals surface area contributed by atoms with Crippen molar-refractivity contribution < 1.29 is 4.79 Å². The first-order chi connectivity index (χ1) is 16.0. The maximum Gasteiger partial charge on any atom is 0.237 e. The van der Waals surface area contributed by atoms with Crippen LogP contribution in [0.5, 0.6) is 0 Å². The van der Waals surface area contributed by atoms with E-state index in [2.05, 4.69) is 21.4 Å². The predicted octanol–water partition coefficient (Wildman–Crippen LogP) is 3.18. The Balaban J connectivity index is 0.00000274. The second-order valence-electron chi connectivity index (χ2n) is 9.22. The molecule has 4 heterocycles. The minimum absolute atomic E-state index is 0. The molecule has 2 aliphatic rings. The van der Waals surface area contributed by atoms with Crippen molar-refractivity contribution in [2.24, 2.45) is 5.92 Å². The van der Waals surface area contributed by atoms with Crippen molar-refractivity contribution in [3.05, 3.63) is 41.0 Å². The van der Waals surface area contributed by atoms with Gasteiger partial charge in [0.15, 0.2) is 5.65 Å². The molecule has 0 bridgehead atoms. The summed E-state index contributed by atoms with van der Waals surface area (Å²) in [4.78, 5) is 23.9. The summed E-state index contributed by atoms with van der Waals surface area (Å²) in [5, 5.41) is 19.5. The molecule has 1 saturated heterocycles. The number of aromatic nitrogens is 2. The Kier molecular flexibility index (Phi) is 6.45. The number of pyridine rings is 1. The summed E-state index contributed by atoms with van der Waals surface area (Å²) in [5.74, 6) is 1.18. The van der Waals surface area contributed by atoms with E-state index >= 15 is 0 Å². The second kappa shape index (κ2) is 9.32. The van der Waals surface area contributed by atoms with Crippen LogP contribution in [-0.4, -0.2) is 65.4 Å². The molecule has 1 fully saturated rings. The van der Waals surface area contributed by atoms with Crippen LogP contribution < -0.4 is 4.90 Å². The molecule has 1 amide bonds. The number of hydrogen-bond acceptors (Lipinski definition) is 6. The summed E-state index contributed by atoms with van der Waals surface area (Å²) in [7, 11) is 3.80. The number of rotatable bonds is 3. The SMILES string of the molecule is C.CN(C)CC(=O)N1CCc2c(c(N3CCC(C#N)CC3)n3c(nc4ccccc43)c2C#N)C1. The van der Waals surface area contributed by atoms with Gasteiger partial charge in [-0.15, -0.1) is 0 Å². The van der Waals surface area contributed by atoms with Crippen molar-refractivity contribution >= 4 is 28.4 Å². The van der Waals surface area contributed by atoms with Crippen molar-refractivity contribution in [1.82, 2.24) is 19.2 Å². The van der Waals surface area contributed by atoms with E-state index in [1.54, 1.807) is 0 Å². The van der Waals surface area contributed by atoms with E-state index in [1.165, 1.54) is 0 Å². The smallest absolute Gasteiger partial charge is 0.237 e. The summed E-state index contributed by atoms with van der Waals surface area (Å²) in [5.41, 5.74) is 5.15. The molecule has 0 saturated carbocycles. The molecule has 0 unspecified atom stereocenters. The summed E-state index contributed by atoms with van der Waals surface area (Å²) in [6.45, 7) is 2.97. The number of likely N-dealkylation sites (N-methyl/N-ethyl adjacent to an activating group) is 1. The van der Waals surface area contributed by atoms with Gasteiger partial charge in [0.2, 0.25) is 5.91 Å². The third-order valence-electron chi connectivity index (χ3n) is 6.81. The number of amides is 1. The van der Waals surface area contributed by atoms with E-state index < -0.39 is 0 Å². The summed E-state index contributed by atoms with van der Waals surface area (Å²) in [6, 6.07) is 12.8. The largest absolute Gasteiger partial charge is 0.357 e. The Morgan fingerprint density at radius 2 is 1.88 bits per heavy atom. The van der Waals surface area contributed by atoms with E-state index in [0.717, 1.165) is 53.9 Å². The first-order valence-corrected chi connectivity index (χ1v) is 11.4. The van der Waals surface area contributed by atoms with Crippen LogP contribution in [0.4, 0.5) is 5.82 Å². The lowest BCUT2D eigenvalue weighted by atomic mass is 9.93. The molecule has 5 rings (SSSR count). The summed E-state index contributed by atoms with van der Waals surface area (Å²) >= 11 is 0. The molecule has 1 aromatic carbocycles. The highest BCUT2D eigenvalue weighted by Gasteiger charge is 2.32. The maximum absolute atomic E-state index is 12.9. The van der Waals surface area contributed by atoms with Crippen molar-refractivity contribution in [3.63, 3.8) is 0 Å².